The van der Waals surface area contributed by atoms with E-state index < -0.39 is 11.8 Å². The molecule has 130 valence electrons. The van der Waals surface area contributed by atoms with Crippen LogP contribution in [0, 0.1) is 9.39 Å². The maximum atomic E-state index is 14.5. The number of rotatable bonds is 4. The monoisotopic (exact) mass is 473 g/mol. The molecule has 0 aliphatic carbocycles. The summed E-state index contributed by atoms with van der Waals surface area (Å²) in [6.45, 7) is 0.384. The zero-order valence-corrected chi connectivity index (χ0v) is 16.4. The predicted octanol–water partition coefficient (Wildman–Crippen LogP) is 4.88. The maximum absolute atomic E-state index is 14.5. The number of aromatic nitrogens is 1. The third-order valence-corrected chi connectivity index (χ3v) is 5.28. The molecule has 2 aromatic carbocycles. The second-order valence-electron chi connectivity index (χ2n) is 5.34. The van der Waals surface area contributed by atoms with Crippen LogP contribution in [0.5, 0.6) is 5.75 Å². The molecule has 0 atom stereocenters. The van der Waals surface area contributed by atoms with Crippen LogP contribution in [0.2, 0.25) is 5.02 Å². The summed E-state index contributed by atoms with van der Waals surface area (Å²) in [5.41, 5.74) is 1.83. The lowest BCUT2D eigenvalue weighted by molar-refractivity contribution is 0.0588. The van der Waals surface area contributed by atoms with E-state index in [1.165, 1.54) is 13.2 Å². The Hall–Kier alpha value is -1.80. The van der Waals surface area contributed by atoms with Gasteiger partial charge in [0.25, 0.3) is 0 Å². The molecule has 0 saturated carbocycles. The van der Waals surface area contributed by atoms with E-state index in [4.69, 9.17) is 21.1 Å². The number of methoxy groups -OCH3 is 2. The van der Waals surface area contributed by atoms with E-state index in [9.17, 15) is 9.18 Å². The van der Waals surface area contributed by atoms with Gasteiger partial charge in [0.1, 0.15) is 11.4 Å². The van der Waals surface area contributed by atoms with Crippen molar-refractivity contribution in [1.82, 2.24) is 4.57 Å². The standard InChI is InChI=1S/C18H14ClFINO3/c1-24-11-5-3-10(4-6-11)9-22-13-8-7-12(19)15(20)14(13)16(21)17(22)18(23)25-2/h3-8H,9H2,1-2H3. The van der Waals surface area contributed by atoms with Crippen LogP contribution in [0.4, 0.5) is 4.39 Å². The number of esters is 1. The van der Waals surface area contributed by atoms with Crippen LogP contribution in [-0.2, 0) is 11.3 Å². The van der Waals surface area contributed by atoms with Crippen molar-refractivity contribution >= 4 is 51.1 Å². The average Bonchev–Trinajstić information content (AvgIpc) is 2.90. The van der Waals surface area contributed by atoms with Gasteiger partial charge in [0.05, 0.1) is 33.7 Å². The predicted molar refractivity (Wildman–Crippen MR) is 103 cm³/mol. The van der Waals surface area contributed by atoms with Crippen molar-refractivity contribution in [2.24, 2.45) is 0 Å². The van der Waals surface area contributed by atoms with E-state index >= 15 is 0 Å². The fraction of sp³-hybridized carbons (Fsp3) is 0.167. The average molecular weight is 474 g/mol. The first kappa shape index (κ1) is 18.0. The number of benzene rings is 2. The second-order valence-corrected chi connectivity index (χ2v) is 6.83. The van der Waals surface area contributed by atoms with Crippen molar-refractivity contribution < 1.29 is 18.7 Å². The van der Waals surface area contributed by atoms with Crippen LogP contribution < -0.4 is 4.74 Å². The zero-order valence-electron chi connectivity index (χ0n) is 13.5. The first-order valence-electron chi connectivity index (χ1n) is 7.34. The summed E-state index contributed by atoms with van der Waals surface area (Å²) in [4.78, 5) is 12.3. The molecule has 4 nitrogen and oxygen atoms in total. The molecule has 0 aliphatic heterocycles. The number of carbonyl (C=O) groups is 1. The van der Waals surface area contributed by atoms with Gasteiger partial charge in [-0.25, -0.2) is 9.18 Å². The van der Waals surface area contributed by atoms with Crippen molar-refractivity contribution in [1.29, 1.82) is 0 Å². The van der Waals surface area contributed by atoms with Crippen LogP contribution in [0.3, 0.4) is 0 Å². The Morgan fingerprint density at radius 3 is 2.48 bits per heavy atom. The first-order chi connectivity index (χ1) is 12.0. The van der Waals surface area contributed by atoms with E-state index in [1.54, 1.807) is 17.7 Å². The molecule has 0 spiro atoms. The maximum Gasteiger partial charge on any atom is 0.355 e. The van der Waals surface area contributed by atoms with Crippen molar-refractivity contribution in [3.05, 3.63) is 62.1 Å². The third kappa shape index (κ3) is 3.20. The normalized spacial score (nSPS) is 10.9. The first-order valence-corrected chi connectivity index (χ1v) is 8.80. The fourth-order valence-corrected chi connectivity index (χ4v) is 3.89. The number of halogens is 3. The van der Waals surface area contributed by atoms with Crippen molar-refractivity contribution in [3.8, 4) is 5.75 Å². The lowest BCUT2D eigenvalue weighted by atomic mass is 10.2. The SMILES string of the molecule is COC(=O)c1c(I)c2c(F)c(Cl)ccc2n1Cc1ccc(OC)cc1. The van der Waals surface area contributed by atoms with Crippen molar-refractivity contribution in [2.45, 2.75) is 6.54 Å². The molecule has 0 aliphatic rings. The summed E-state index contributed by atoms with van der Waals surface area (Å²) in [5.74, 6) is -0.325. The molecule has 0 radical (unpaired) electrons. The van der Waals surface area contributed by atoms with Gasteiger partial charge in [0.2, 0.25) is 0 Å². The molecular formula is C18H14ClFINO3. The summed E-state index contributed by atoms with van der Waals surface area (Å²) in [6.07, 6.45) is 0. The molecular weight excluding hydrogens is 460 g/mol. The Kier molecular flexibility index (Phi) is 5.19. The molecule has 0 saturated heterocycles. The van der Waals surface area contributed by atoms with Crippen LogP contribution in [0.25, 0.3) is 10.9 Å². The largest absolute Gasteiger partial charge is 0.497 e. The molecule has 1 heterocycles. The Bertz CT molecular complexity index is 953. The summed E-state index contributed by atoms with van der Waals surface area (Å²) < 4.78 is 26.8. The molecule has 3 rings (SSSR count). The Balaban J connectivity index is 2.20. The van der Waals surface area contributed by atoms with Gasteiger partial charge in [0, 0.05) is 6.54 Å². The number of carbonyl (C=O) groups excluding carboxylic acids is 1. The Morgan fingerprint density at radius 1 is 1.20 bits per heavy atom. The lowest BCUT2D eigenvalue weighted by Crippen LogP contribution is -2.12. The van der Waals surface area contributed by atoms with E-state index in [2.05, 4.69) is 0 Å². The summed E-state index contributed by atoms with van der Waals surface area (Å²) >= 11 is 7.86. The molecule has 3 aromatic rings. The third-order valence-electron chi connectivity index (χ3n) is 3.94. The topological polar surface area (TPSA) is 40.5 Å². The number of hydrogen-bond donors (Lipinski definition) is 0. The Morgan fingerprint density at radius 2 is 1.88 bits per heavy atom. The molecule has 0 bridgehead atoms. The summed E-state index contributed by atoms with van der Waals surface area (Å²) in [6, 6.07) is 10.7. The second kappa shape index (κ2) is 7.21. The zero-order chi connectivity index (χ0) is 18.1. The molecule has 1 aromatic heterocycles. The lowest BCUT2D eigenvalue weighted by Gasteiger charge is -2.11. The quantitative estimate of drug-likeness (QED) is 0.400. The smallest absolute Gasteiger partial charge is 0.355 e. The minimum Gasteiger partial charge on any atom is -0.497 e. The van der Waals surface area contributed by atoms with Crippen LogP contribution in [0.15, 0.2) is 36.4 Å². The van der Waals surface area contributed by atoms with Crippen LogP contribution >= 0.6 is 34.2 Å². The van der Waals surface area contributed by atoms with Gasteiger partial charge in [-0.05, 0) is 52.4 Å². The summed E-state index contributed by atoms with van der Waals surface area (Å²) in [5, 5.41) is 0.338. The molecule has 0 N–H and O–H groups in total. The molecule has 0 fully saturated rings. The fourth-order valence-electron chi connectivity index (χ4n) is 2.71. The van der Waals surface area contributed by atoms with Crippen molar-refractivity contribution in [3.63, 3.8) is 0 Å². The van der Waals surface area contributed by atoms with Gasteiger partial charge in [0.15, 0.2) is 5.82 Å². The van der Waals surface area contributed by atoms with E-state index in [-0.39, 0.29) is 5.02 Å². The highest BCUT2D eigenvalue weighted by molar-refractivity contribution is 14.1. The highest BCUT2D eigenvalue weighted by Crippen LogP contribution is 2.34. The van der Waals surface area contributed by atoms with Crippen molar-refractivity contribution in [2.75, 3.05) is 14.2 Å². The molecule has 0 unspecified atom stereocenters. The number of fused-ring (bicyclic) bond motifs is 1. The van der Waals surface area contributed by atoms with E-state index in [0.717, 1.165) is 11.3 Å². The number of ether oxygens (including phenoxy) is 2. The van der Waals surface area contributed by atoms with Gasteiger partial charge in [-0.3, -0.25) is 0 Å². The Labute approximate surface area is 162 Å². The molecule has 0 amide bonds. The van der Waals surface area contributed by atoms with E-state index in [0.29, 0.717) is 26.7 Å². The van der Waals surface area contributed by atoms with E-state index in [1.807, 2.05) is 46.9 Å². The van der Waals surface area contributed by atoms with Gasteiger partial charge in [-0.1, -0.05) is 23.7 Å². The van der Waals surface area contributed by atoms with Gasteiger partial charge in [-0.15, -0.1) is 0 Å². The van der Waals surface area contributed by atoms with Crippen LogP contribution in [0.1, 0.15) is 16.1 Å². The molecule has 25 heavy (non-hydrogen) atoms. The minimum atomic E-state index is -0.540. The molecule has 7 heteroatoms. The summed E-state index contributed by atoms with van der Waals surface area (Å²) in [7, 11) is 2.90. The van der Waals surface area contributed by atoms with Crippen LogP contribution in [-0.4, -0.2) is 24.8 Å². The highest BCUT2D eigenvalue weighted by Gasteiger charge is 2.25. The van der Waals surface area contributed by atoms with Gasteiger partial charge >= 0.3 is 5.97 Å². The number of nitrogens with zero attached hydrogens (tertiary/aromatic N) is 1. The van der Waals surface area contributed by atoms with Gasteiger partial charge in [-0.2, -0.15) is 0 Å². The number of hydrogen-bond acceptors (Lipinski definition) is 3. The van der Waals surface area contributed by atoms with Gasteiger partial charge < -0.3 is 14.0 Å². The minimum absolute atomic E-state index is 0.0171. The highest BCUT2D eigenvalue weighted by atomic mass is 127.